The van der Waals surface area contributed by atoms with Crippen molar-refractivity contribution in [2.45, 2.75) is 5.41 Å². The molecule has 11 aromatic rings. The summed E-state index contributed by atoms with van der Waals surface area (Å²) >= 11 is 0. The van der Waals surface area contributed by atoms with E-state index in [1.807, 2.05) is 72.8 Å². The van der Waals surface area contributed by atoms with Crippen LogP contribution in [-0.4, -0.2) is 15.0 Å². The molecule has 0 fully saturated rings. The molecule has 1 aliphatic carbocycles. The number of aromatic nitrogens is 3. The third-order valence-electron chi connectivity index (χ3n) is 12.7. The second-order valence-electron chi connectivity index (χ2n) is 16.2. The van der Waals surface area contributed by atoms with Gasteiger partial charge in [-0.25, -0.2) is 15.0 Å². The number of para-hydroxylation sites is 1. The van der Waals surface area contributed by atoms with Crippen molar-refractivity contribution >= 4 is 21.9 Å². The monoisotopic (exact) mass is 816 g/mol. The van der Waals surface area contributed by atoms with Crippen LogP contribution in [0.25, 0.3) is 89.5 Å². The van der Waals surface area contributed by atoms with Crippen LogP contribution in [-0.2, 0) is 5.41 Å². The van der Waals surface area contributed by atoms with Crippen LogP contribution in [0.1, 0.15) is 27.8 Å². The van der Waals surface area contributed by atoms with Crippen molar-refractivity contribution in [2.75, 3.05) is 0 Å². The van der Waals surface area contributed by atoms with Gasteiger partial charge in [-0.15, -0.1) is 0 Å². The van der Waals surface area contributed by atoms with Crippen LogP contribution < -0.4 is 0 Å². The second kappa shape index (κ2) is 15.0. The predicted molar refractivity (Wildman–Crippen MR) is 256 cm³/mol. The average Bonchev–Trinajstić information content (AvgIpc) is 3.90. The molecular formula is C59H36N4O. The molecule has 0 bridgehead atoms. The molecule has 0 radical (unpaired) electrons. The molecule has 5 nitrogen and oxygen atoms in total. The third-order valence-corrected chi connectivity index (χ3v) is 12.7. The van der Waals surface area contributed by atoms with Crippen LogP contribution in [0.5, 0.6) is 0 Å². The van der Waals surface area contributed by atoms with Gasteiger partial charge in [-0.05, 0) is 92.0 Å². The normalized spacial score (nSPS) is 12.5. The first-order valence-electron chi connectivity index (χ1n) is 21.4. The molecule has 9 aromatic carbocycles. The minimum absolute atomic E-state index is 0.555. The summed E-state index contributed by atoms with van der Waals surface area (Å²) in [5.41, 5.74) is 15.9. The van der Waals surface area contributed by atoms with Gasteiger partial charge in [0.1, 0.15) is 11.2 Å². The lowest BCUT2D eigenvalue weighted by molar-refractivity contribution is 0.669. The van der Waals surface area contributed by atoms with Gasteiger partial charge in [0.15, 0.2) is 17.5 Å². The van der Waals surface area contributed by atoms with Gasteiger partial charge in [-0.3, -0.25) is 0 Å². The summed E-state index contributed by atoms with van der Waals surface area (Å²) in [6.45, 7) is 0. The van der Waals surface area contributed by atoms with Crippen LogP contribution >= 0.6 is 0 Å². The Morgan fingerprint density at radius 2 is 0.906 bits per heavy atom. The first-order chi connectivity index (χ1) is 31.7. The number of fused-ring (bicyclic) bond motifs is 6. The Hall–Kier alpha value is -8.72. The van der Waals surface area contributed by atoms with Crippen molar-refractivity contribution in [2.24, 2.45) is 0 Å². The topological polar surface area (TPSA) is 75.6 Å². The molecule has 0 atom stereocenters. The van der Waals surface area contributed by atoms with Crippen LogP contribution in [0.2, 0.25) is 0 Å². The summed E-state index contributed by atoms with van der Waals surface area (Å²) in [6, 6.07) is 78.3. The average molecular weight is 817 g/mol. The summed E-state index contributed by atoms with van der Waals surface area (Å²) in [5.74, 6) is 1.77. The van der Waals surface area contributed by atoms with E-state index in [4.69, 9.17) is 19.4 Å². The van der Waals surface area contributed by atoms with E-state index in [2.05, 4.69) is 152 Å². The smallest absolute Gasteiger partial charge is 0.164 e. The van der Waals surface area contributed by atoms with Gasteiger partial charge in [0.05, 0.1) is 17.0 Å². The molecule has 0 amide bonds. The highest BCUT2D eigenvalue weighted by atomic mass is 16.3. The summed E-state index contributed by atoms with van der Waals surface area (Å²) in [5, 5.41) is 11.9. The van der Waals surface area contributed by atoms with E-state index in [9.17, 15) is 5.26 Å². The first kappa shape index (κ1) is 37.1. The van der Waals surface area contributed by atoms with Crippen molar-refractivity contribution in [1.29, 1.82) is 5.26 Å². The standard InChI is InChI=1S/C59H36N4O/c60-37-38-24-26-40(27-25-38)54-46(33-34-51-55(54)48-21-10-12-22-50(48)59(51,44-16-6-2-7-17-44)45-18-8-3-9-19-45)39-28-30-42(31-29-39)57-61-56(41-14-4-1-5-15-41)62-58(63-57)43-32-35-53-49(36-43)47-20-11-13-23-52(47)64-53/h1-36H. The number of nitriles is 1. The number of benzene rings is 9. The number of nitrogens with zero attached hydrogens (tertiary/aromatic N) is 4. The molecule has 0 saturated heterocycles. The molecule has 0 N–H and O–H groups in total. The van der Waals surface area contributed by atoms with Crippen LogP contribution in [0, 0.1) is 11.3 Å². The van der Waals surface area contributed by atoms with Gasteiger partial charge in [0.2, 0.25) is 0 Å². The maximum Gasteiger partial charge on any atom is 0.164 e. The zero-order valence-electron chi connectivity index (χ0n) is 34.5. The zero-order valence-corrected chi connectivity index (χ0v) is 34.5. The molecule has 5 heteroatoms. The Bertz CT molecular complexity index is 3550. The lowest BCUT2D eigenvalue weighted by Gasteiger charge is -2.34. The fourth-order valence-corrected chi connectivity index (χ4v) is 9.80. The molecule has 0 spiro atoms. The molecule has 0 aliphatic heterocycles. The minimum atomic E-state index is -0.555. The van der Waals surface area contributed by atoms with Crippen molar-refractivity contribution in [3.8, 4) is 73.6 Å². The van der Waals surface area contributed by atoms with Gasteiger partial charge in [0.25, 0.3) is 0 Å². The molecule has 0 unspecified atom stereocenters. The van der Waals surface area contributed by atoms with E-state index >= 15 is 0 Å². The molecular weight excluding hydrogens is 781 g/mol. The fraction of sp³-hybridized carbons (Fsp3) is 0.0169. The van der Waals surface area contributed by atoms with Gasteiger partial charge < -0.3 is 4.42 Å². The summed E-state index contributed by atoms with van der Waals surface area (Å²) < 4.78 is 6.15. The molecule has 12 rings (SSSR count). The summed E-state index contributed by atoms with van der Waals surface area (Å²) in [7, 11) is 0. The van der Waals surface area contributed by atoms with Crippen LogP contribution in [0.3, 0.4) is 0 Å². The molecule has 64 heavy (non-hydrogen) atoms. The molecule has 1 aliphatic rings. The molecule has 2 aromatic heterocycles. The van der Waals surface area contributed by atoms with Gasteiger partial charge in [0, 0.05) is 27.5 Å². The third kappa shape index (κ3) is 5.89. The minimum Gasteiger partial charge on any atom is -0.456 e. The maximum atomic E-state index is 9.82. The van der Waals surface area contributed by atoms with E-state index in [0.29, 0.717) is 23.0 Å². The van der Waals surface area contributed by atoms with E-state index in [1.165, 1.54) is 33.4 Å². The van der Waals surface area contributed by atoms with Crippen LogP contribution in [0.15, 0.2) is 223 Å². The largest absolute Gasteiger partial charge is 0.456 e. The lowest BCUT2D eigenvalue weighted by atomic mass is 9.67. The van der Waals surface area contributed by atoms with Crippen molar-refractivity contribution < 1.29 is 4.42 Å². The lowest BCUT2D eigenvalue weighted by Crippen LogP contribution is -2.28. The Labute approximate surface area is 370 Å². The number of hydrogen-bond acceptors (Lipinski definition) is 5. The zero-order chi connectivity index (χ0) is 42.6. The highest BCUT2D eigenvalue weighted by Gasteiger charge is 2.47. The fourth-order valence-electron chi connectivity index (χ4n) is 9.80. The quantitative estimate of drug-likeness (QED) is 0.160. The number of hydrogen-bond donors (Lipinski definition) is 0. The Morgan fingerprint density at radius 1 is 0.375 bits per heavy atom. The van der Waals surface area contributed by atoms with E-state index in [0.717, 1.165) is 60.9 Å². The highest BCUT2D eigenvalue weighted by Crippen LogP contribution is 2.59. The number of rotatable bonds is 7. The number of furan rings is 1. The second-order valence-corrected chi connectivity index (χ2v) is 16.2. The van der Waals surface area contributed by atoms with Gasteiger partial charge in [-0.1, -0.05) is 182 Å². The maximum absolute atomic E-state index is 9.82. The summed E-state index contributed by atoms with van der Waals surface area (Å²) in [4.78, 5) is 15.2. The first-order valence-corrected chi connectivity index (χ1v) is 21.4. The van der Waals surface area contributed by atoms with Crippen molar-refractivity contribution in [3.05, 3.63) is 246 Å². The van der Waals surface area contributed by atoms with Gasteiger partial charge >= 0.3 is 0 Å². The van der Waals surface area contributed by atoms with Crippen molar-refractivity contribution in [3.63, 3.8) is 0 Å². The molecule has 2 heterocycles. The van der Waals surface area contributed by atoms with E-state index < -0.39 is 5.41 Å². The van der Waals surface area contributed by atoms with Crippen molar-refractivity contribution in [1.82, 2.24) is 15.0 Å². The Balaban J connectivity index is 1.04. The molecule has 0 saturated carbocycles. The van der Waals surface area contributed by atoms with E-state index in [1.54, 1.807) is 0 Å². The Kier molecular flexibility index (Phi) is 8.70. The van der Waals surface area contributed by atoms with Crippen LogP contribution in [0.4, 0.5) is 0 Å². The summed E-state index contributed by atoms with van der Waals surface area (Å²) in [6.07, 6.45) is 0. The SMILES string of the molecule is N#Cc1ccc(-c2c(-c3ccc(-c4nc(-c5ccccc5)nc(-c5ccc6oc7ccccc7c6c5)n4)cc3)ccc3c2-c2ccccc2C3(c2ccccc2)c2ccccc2)cc1. The highest BCUT2D eigenvalue weighted by molar-refractivity contribution is 6.06. The Morgan fingerprint density at radius 3 is 1.59 bits per heavy atom. The predicted octanol–water partition coefficient (Wildman–Crippen LogP) is 14.3. The van der Waals surface area contributed by atoms with Gasteiger partial charge in [-0.2, -0.15) is 5.26 Å². The molecule has 298 valence electrons. The van der Waals surface area contributed by atoms with E-state index in [-0.39, 0.29) is 0 Å².